The highest BCUT2D eigenvalue weighted by atomic mass is 35.5. The van der Waals surface area contributed by atoms with Gasteiger partial charge in [0.05, 0.1) is 22.5 Å². The summed E-state index contributed by atoms with van der Waals surface area (Å²) in [5.74, 6) is 0.913. The van der Waals surface area contributed by atoms with Crippen LogP contribution in [-0.2, 0) is 6.54 Å². The number of halogens is 1. The molecular formula is C15H11ClN4S2. The summed E-state index contributed by atoms with van der Waals surface area (Å²) in [6.07, 6.45) is 1.80. The molecule has 0 fully saturated rings. The van der Waals surface area contributed by atoms with Gasteiger partial charge in [-0.25, -0.2) is 9.97 Å². The zero-order valence-electron chi connectivity index (χ0n) is 11.3. The predicted molar refractivity (Wildman–Crippen MR) is 93.9 cm³/mol. The van der Waals surface area contributed by atoms with Gasteiger partial charge < -0.3 is 10.3 Å². The van der Waals surface area contributed by atoms with Crippen molar-refractivity contribution in [2.45, 2.75) is 6.54 Å². The summed E-state index contributed by atoms with van der Waals surface area (Å²) in [5.41, 5.74) is 3.03. The molecule has 0 radical (unpaired) electrons. The van der Waals surface area contributed by atoms with Crippen LogP contribution in [0, 0.1) is 0 Å². The van der Waals surface area contributed by atoms with Crippen LogP contribution in [0.2, 0.25) is 4.47 Å². The normalized spacial score (nSPS) is 11.1. The number of fused-ring (bicyclic) bond motifs is 1. The standard InChI is InChI=1S/C15H11ClN4S2/c16-15-18-8-10(22-15)7-17-9-3-4-11-12(6-9)20-14(19-11)13-2-1-5-21-13/h1-6,8,17H,7H2,(H,19,20). The smallest absolute Gasteiger partial charge is 0.183 e. The Labute approximate surface area is 139 Å². The zero-order chi connectivity index (χ0) is 14.9. The molecule has 3 heterocycles. The van der Waals surface area contributed by atoms with E-state index in [1.54, 1.807) is 17.5 Å². The number of aromatic nitrogens is 3. The number of nitrogens with one attached hydrogen (secondary N) is 2. The number of aromatic amines is 1. The zero-order valence-corrected chi connectivity index (χ0v) is 13.7. The van der Waals surface area contributed by atoms with Crippen LogP contribution < -0.4 is 5.32 Å². The number of thiazole rings is 1. The van der Waals surface area contributed by atoms with Crippen LogP contribution in [0.4, 0.5) is 5.69 Å². The number of benzene rings is 1. The fourth-order valence-corrected chi connectivity index (χ4v) is 3.79. The summed E-state index contributed by atoms with van der Waals surface area (Å²) in [7, 11) is 0. The molecule has 0 aliphatic heterocycles. The lowest BCUT2D eigenvalue weighted by molar-refractivity contribution is 1.18. The Morgan fingerprint density at radius 3 is 3.00 bits per heavy atom. The molecule has 7 heteroatoms. The first-order valence-corrected chi connectivity index (χ1v) is 8.73. The van der Waals surface area contributed by atoms with E-state index < -0.39 is 0 Å². The van der Waals surface area contributed by atoms with Gasteiger partial charge in [-0.1, -0.05) is 17.7 Å². The van der Waals surface area contributed by atoms with Crippen molar-refractivity contribution < 1.29 is 0 Å². The highest BCUT2D eigenvalue weighted by Gasteiger charge is 2.07. The van der Waals surface area contributed by atoms with Gasteiger partial charge in [0.15, 0.2) is 4.47 Å². The minimum Gasteiger partial charge on any atom is -0.380 e. The van der Waals surface area contributed by atoms with E-state index in [0.29, 0.717) is 11.0 Å². The molecule has 0 spiro atoms. The van der Waals surface area contributed by atoms with Crippen molar-refractivity contribution in [2.24, 2.45) is 0 Å². The van der Waals surface area contributed by atoms with E-state index in [0.717, 1.165) is 32.3 Å². The Balaban J connectivity index is 1.57. The van der Waals surface area contributed by atoms with E-state index in [4.69, 9.17) is 11.6 Å². The fourth-order valence-electron chi connectivity index (χ4n) is 2.20. The molecule has 0 aliphatic rings. The average Bonchev–Trinajstić information content (AvgIpc) is 3.24. The third-order valence-corrected chi connectivity index (χ3v) is 5.22. The Kier molecular flexibility index (Phi) is 3.57. The lowest BCUT2D eigenvalue weighted by Crippen LogP contribution is -1.96. The van der Waals surface area contributed by atoms with Gasteiger partial charge in [0.1, 0.15) is 5.82 Å². The van der Waals surface area contributed by atoms with Crippen LogP contribution in [-0.4, -0.2) is 15.0 Å². The molecule has 2 N–H and O–H groups in total. The van der Waals surface area contributed by atoms with Crippen molar-refractivity contribution in [3.63, 3.8) is 0 Å². The SMILES string of the molecule is Clc1ncc(CNc2ccc3nc(-c4cccs4)[nH]c3c2)s1. The molecule has 4 nitrogen and oxygen atoms in total. The van der Waals surface area contributed by atoms with E-state index in [1.807, 2.05) is 18.2 Å². The molecule has 0 aliphatic carbocycles. The third-order valence-electron chi connectivity index (χ3n) is 3.23. The summed E-state index contributed by atoms with van der Waals surface area (Å²) >= 11 is 9.00. The first-order chi connectivity index (χ1) is 10.8. The van der Waals surface area contributed by atoms with Crippen molar-refractivity contribution >= 4 is 51.0 Å². The first kappa shape index (κ1) is 13.8. The molecule has 0 saturated carbocycles. The van der Waals surface area contributed by atoms with Crippen molar-refractivity contribution in [2.75, 3.05) is 5.32 Å². The van der Waals surface area contributed by atoms with E-state index >= 15 is 0 Å². The van der Waals surface area contributed by atoms with Gasteiger partial charge in [0.25, 0.3) is 0 Å². The van der Waals surface area contributed by atoms with Crippen LogP contribution in [0.15, 0.2) is 41.9 Å². The van der Waals surface area contributed by atoms with Crippen LogP contribution in [0.5, 0.6) is 0 Å². The average molecular weight is 347 g/mol. The van der Waals surface area contributed by atoms with E-state index in [9.17, 15) is 0 Å². The van der Waals surface area contributed by atoms with Gasteiger partial charge in [-0.2, -0.15) is 0 Å². The highest BCUT2D eigenvalue weighted by molar-refractivity contribution is 7.15. The largest absolute Gasteiger partial charge is 0.380 e. The van der Waals surface area contributed by atoms with Gasteiger partial charge in [0, 0.05) is 16.8 Å². The molecule has 0 saturated heterocycles. The molecule has 0 bridgehead atoms. The van der Waals surface area contributed by atoms with Crippen molar-refractivity contribution in [1.82, 2.24) is 15.0 Å². The molecule has 4 aromatic rings. The summed E-state index contributed by atoms with van der Waals surface area (Å²) in [4.78, 5) is 14.3. The molecule has 0 atom stereocenters. The second-order valence-corrected chi connectivity index (χ2v) is 7.37. The Bertz CT molecular complexity index is 911. The van der Waals surface area contributed by atoms with Crippen LogP contribution >= 0.6 is 34.3 Å². The summed E-state index contributed by atoms with van der Waals surface area (Å²) in [6.45, 7) is 0.710. The van der Waals surface area contributed by atoms with E-state index in [2.05, 4.69) is 37.8 Å². The lowest BCUT2D eigenvalue weighted by atomic mass is 10.3. The van der Waals surface area contributed by atoms with E-state index in [1.165, 1.54) is 11.3 Å². The maximum absolute atomic E-state index is 5.84. The molecule has 1 aromatic carbocycles. The van der Waals surface area contributed by atoms with Crippen LogP contribution in [0.25, 0.3) is 21.7 Å². The number of nitrogens with zero attached hydrogens (tertiary/aromatic N) is 2. The van der Waals surface area contributed by atoms with Crippen molar-refractivity contribution in [1.29, 1.82) is 0 Å². The van der Waals surface area contributed by atoms with Crippen molar-refractivity contribution in [3.05, 3.63) is 51.3 Å². The minimum absolute atomic E-state index is 0.571. The van der Waals surface area contributed by atoms with Crippen LogP contribution in [0.1, 0.15) is 4.88 Å². The molecule has 22 heavy (non-hydrogen) atoms. The van der Waals surface area contributed by atoms with Crippen LogP contribution in [0.3, 0.4) is 0 Å². The molecule has 0 amide bonds. The Hall–Kier alpha value is -1.89. The summed E-state index contributed by atoms with van der Waals surface area (Å²) in [6, 6.07) is 10.2. The highest BCUT2D eigenvalue weighted by Crippen LogP contribution is 2.26. The minimum atomic E-state index is 0.571. The second kappa shape index (κ2) is 5.72. The topological polar surface area (TPSA) is 53.6 Å². The molecule has 110 valence electrons. The van der Waals surface area contributed by atoms with E-state index in [-0.39, 0.29) is 0 Å². The monoisotopic (exact) mass is 346 g/mol. The molecular weight excluding hydrogens is 336 g/mol. The maximum atomic E-state index is 5.84. The third kappa shape index (κ3) is 2.72. The number of thiophene rings is 1. The molecule has 3 aromatic heterocycles. The Morgan fingerprint density at radius 1 is 1.27 bits per heavy atom. The number of rotatable bonds is 4. The second-order valence-electron chi connectivity index (χ2n) is 4.73. The first-order valence-electron chi connectivity index (χ1n) is 6.66. The number of anilines is 1. The van der Waals surface area contributed by atoms with Crippen molar-refractivity contribution in [3.8, 4) is 10.7 Å². The van der Waals surface area contributed by atoms with Gasteiger partial charge >= 0.3 is 0 Å². The maximum Gasteiger partial charge on any atom is 0.183 e. The quantitative estimate of drug-likeness (QED) is 0.546. The summed E-state index contributed by atoms with van der Waals surface area (Å²) in [5, 5.41) is 5.43. The number of imidazole rings is 1. The fraction of sp³-hybridized carbons (Fsp3) is 0.0667. The number of hydrogen-bond acceptors (Lipinski definition) is 5. The Morgan fingerprint density at radius 2 is 2.23 bits per heavy atom. The number of H-pyrrole nitrogens is 1. The number of hydrogen-bond donors (Lipinski definition) is 2. The predicted octanol–water partition coefficient (Wildman–Crippen LogP) is 5.01. The van der Waals surface area contributed by atoms with Gasteiger partial charge in [-0.05, 0) is 29.6 Å². The molecule has 4 rings (SSSR count). The van der Waals surface area contributed by atoms with Gasteiger partial charge in [-0.3, -0.25) is 0 Å². The van der Waals surface area contributed by atoms with Gasteiger partial charge in [-0.15, -0.1) is 22.7 Å². The lowest BCUT2D eigenvalue weighted by Gasteiger charge is -2.03. The summed E-state index contributed by atoms with van der Waals surface area (Å²) < 4.78 is 0.571. The van der Waals surface area contributed by atoms with Gasteiger partial charge in [0.2, 0.25) is 0 Å². The molecule has 0 unspecified atom stereocenters.